The maximum atomic E-state index is 15.8. The maximum Gasteiger partial charge on any atom is 0.418 e. The molecule has 0 radical (unpaired) electrons. The first-order valence-corrected chi connectivity index (χ1v) is 22.3. The fraction of sp³-hybridized carbons (Fsp3) is 0.222. The lowest BCUT2D eigenvalue weighted by Gasteiger charge is -2.44. The molecule has 0 saturated heterocycles. The predicted molar refractivity (Wildman–Crippen MR) is 256 cm³/mol. The number of rotatable bonds is 4. The molecule has 0 amide bonds. The lowest BCUT2D eigenvalue weighted by Crippen LogP contribution is -2.63. The van der Waals surface area contributed by atoms with E-state index < -0.39 is 66.1 Å². The standard InChI is InChI=1S/C54H42B2F12N2/c1-27-17-30(4)47(31(5)18-27)55-41-25-42-46(26-45(41)69(49-34(8)21-29(3)22-43(49)55)38-13-9-35(10-14-38)51(57,58)59)70(39-15-11-36(12-16-39)52(60,61)62)50-40(54(66,67)68)23-37(53(63,64)65)24-44(50)56(42)48-32(6)19-28(2)20-33(48)7/h9-26H,1-8H3. The zero-order chi connectivity index (χ0) is 50.9. The molecule has 0 spiro atoms. The quantitative estimate of drug-likeness (QED) is 0.128. The molecule has 7 aromatic rings. The van der Waals surface area contributed by atoms with Gasteiger partial charge in [-0.2, -0.15) is 52.7 Å². The van der Waals surface area contributed by atoms with Gasteiger partial charge in [0, 0.05) is 28.4 Å². The van der Waals surface area contributed by atoms with Crippen LogP contribution in [0.1, 0.15) is 66.8 Å². The van der Waals surface area contributed by atoms with E-state index in [4.69, 9.17) is 0 Å². The Morgan fingerprint density at radius 1 is 0.329 bits per heavy atom. The topological polar surface area (TPSA) is 6.48 Å². The lowest BCUT2D eigenvalue weighted by atomic mass is 9.30. The van der Waals surface area contributed by atoms with Gasteiger partial charge in [-0.05, 0) is 143 Å². The summed E-state index contributed by atoms with van der Waals surface area (Å²) in [5, 5.41) is 0. The minimum atomic E-state index is -5.44. The minimum absolute atomic E-state index is 0.00173. The van der Waals surface area contributed by atoms with Crippen molar-refractivity contribution in [3.63, 3.8) is 0 Å². The van der Waals surface area contributed by atoms with Gasteiger partial charge in [-0.1, -0.05) is 98.4 Å². The Kier molecular flexibility index (Phi) is 11.4. The molecule has 2 heterocycles. The summed E-state index contributed by atoms with van der Waals surface area (Å²) in [4.78, 5) is 2.81. The molecule has 0 aromatic heterocycles. The van der Waals surface area contributed by atoms with Crippen molar-refractivity contribution in [1.82, 2.24) is 0 Å². The molecule has 358 valence electrons. The molecule has 0 bridgehead atoms. The first kappa shape index (κ1) is 48.5. The molecule has 0 N–H and O–H groups in total. The van der Waals surface area contributed by atoms with Crippen molar-refractivity contribution < 1.29 is 52.7 Å². The first-order valence-electron chi connectivity index (χ1n) is 22.3. The Balaban J connectivity index is 1.51. The van der Waals surface area contributed by atoms with Crippen LogP contribution in [-0.4, -0.2) is 13.4 Å². The van der Waals surface area contributed by atoms with E-state index in [0.717, 1.165) is 67.9 Å². The van der Waals surface area contributed by atoms with Crippen LogP contribution in [0.15, 0.2) is 109 Å². The van der Waals surface area contributed by atoms with E-state index in [-0.39, 0.29) is 34.1 Å². The Bertz CT molecular complexity index is 3210. The van der Waals surface area contributed by atoms with E-state index in [1.54, 1.807) is 43.0 Å². The predicted octanol–water partition coefficient (Wildman–Crippen LogP) is 12.8. The summed E-state index contributed by atoms with van der Waals surface area (Å²) >= 11 is 0. The largest absolute Gasteiger partial charge is 0.418 e. The SMILES string of the molecule is Cc1cc(C)c(B2c3cc4c(cc3N(c3ccc(C(F)(F)F)cc3)c3c(C)cc(C)cc32)N(c2ccc(C(F)(F)F)cc2)c2c(cc(C(F)(F)F)cc2C(F)(F)F)B4c2c(C)cc(C)cc2C)c(C)c1. The van der Waals surface area contributed by atoms with Crippen LogP contribution in [0.3, 0.4) is 0 Å². The zero-order valence-electron chi connectivity index (χ0n) is 39.0. The second-order valence-electron chi connectivity index (χ2n) is 18.7. The molecule has 0 aliphatic carbocycles. The average molecular weight is 969 g/mol. The molecule has 7 aromatic carbocycles. The molecular weight excluding hydrogens is 926 g/mol. The molecule has 0 atom stereocenters. The van der Waals surface area contributed by atoms with E-state index in [1.807, 2.05) is 65.8 Å². The number of aryl methyl sites for hydroxylation is 8. The summed E-state index contributed by atoms with van der Waals surface area (Å²) < 4.78 is 177. The van der Waals surface area contributed by atoms with Crippen LogP contribution < -0.4 is 42.6 Å². The van der Waals surface area contributed by atoms with Gasteiger partial charge >= 0.3 is 24.7 Å². The zero-order valence-corrected chi connectivity index (χ0v) is 39.0. The van der Waals surface area contributed by atoms with Gasteiger partial charge < -0.3 is 9.80 Å². The fourth-order valence-corrected chi connectivity index (χ4v) is 11.1. The Hall–Kier alpha value is -6.57. The normalized spacial score (nSPS) is 13.9. The molecular formula is C54H42B2F12N2. The van der Waals surface area contributed by atoms with E-state index >= 15 is 26.3 Å². The van der Waals surface area contributed by atoms with Gasteiger partial charge in [-0.15, -0.1) is 0 Å². The number of hydrogen-bond donors (Lipinski definition) is 0. The van der Waals surface area contributed by atoms with Crippen LogP contribution in [0.5, 0.6) is 0 Å². The van der Waals surface area contributed by atoms with E-state index in [0.29, 0.717) is 57.2 Å². The molecule has 0 saturated carbocycles. The van der Waals surface area contributed by atoms with Gasteiger partial charge in [0.2, 0.25) is 13.4 Å². The highest BCUT2D eigenvalue weighted by molar-refractivity contribution is 7.01. The van der Waals surface area contributed by atoms with E-state index in [2.05, 4.69) is 0 Å². The molecule has 2 nitrogen and oxygen atoms in total. The number of alkyl halides is 12. The summed E-state index contributed by atoms with van der Waals surface area (Å²) in [5.74, 6) is 0. The minimum Gasteiger partial charge on any atom is -0.311 e. The van der Waals surface area contributed by atoms with E-state index in [1.165, 1.54) is 12.1 Å². The molecule has 2 aliphatic rings. The van der Waals surface area contributed by atoms with Crippen molar-refractivity contribution in [2.75, 3.05) is 9.80 Å². The van der Waals surface area contributed by atoms with Gasteiger partial charge in [-0.3, -0.25) is 0 Å². The summed E-state index contributed by atoms with van der Waals surface area (Å²) in [6.07, 6.45) is -20.3. The summed E-state index contributed by atoms with van der Waals surface area (Å²) in [6.45, 7) is 12.9. The highest BCUT2D eigenvalue weighted by atomic mass is 19.4. The lowest BCUT2D eigenvalue weighted by molar-refractivity contribution is -0.143. The van der Waals surface area contributed by atoms with Gasteiger partial charge in [0.25, 0.3) is 0 Å². The smallest absolute Gasteiger partial charge is 0.311 e. The van der Waals surface area contributed by atoms with Crippen molar-refractivity contribution in [2.24, 2.45) is 0 Å². The van der Waals surface area contributed by atoms with Crippen LogP contribution in [0.2, 0.25) is 0 Å². The van der Waals surface area contributed by atoms with Gasteiger partial charge in [0.15, 0.2) is 0 Å². The third kappa shape index (κ3) is 8.20. The monoisotopic (exact) mass is 968 g/mol. The molecule has 9 rings (SSSR count). The molecule has 0 unspecified atom stereocenters. The van der Waals surface area contributed by atoms with Gasteiger partial charge in [-0.25, -0.2) is 0 Å². The molecule has 2 aliphatic heterocycles. The van der Waals surface area contributed by atoms with Crippen LogP contribution in [0, 0.1) is 55.4 Å². The number of anilines is 6. The van der Waals surface area contributed by atoms with Crippen LogP contribution in [-0.2, 0) is 24.7 Å². The van der Waals surface area contributed by atoms with Crippen molar-refractivity contribution in [3.8, 4) is 0 Å². The third-order valence-electron chi connectivity index (χ3n) is 13.6. The summed E-state index contributed by atoms with van der Waals surface area (Å²) in [7, 11) is 0. The van der Waals surface area contributed by atoms with Crippen LogP contribution in [0.4, 0.5) is 86.8 Å². The van der Waals surface area contributed by atoms with Crippen LogP contribution in [0.25, 0.3) is 0 Å². The average Bonchev–Trinajstić information content (AvgIpc) is 3.23. The third-order valence-corrected chi connectivity index (χ3v) is 13.6. The summed E-state index contributed by atoms with van der Waals surface area (Å²) in [5.41, 5.74) is 3.54. The van der Waals surface area contributed by atoms with Gasteiger partial charge in [0.05, 0.1) is 27.9 Å². The maximum absolute atomic E-state index is 15.8. The number of halogens is 12. The highest BCUT2D eigenvalue weighted by Crippen LogP contribution is 2.49. The molecule has 70 heavy (non-hydrogen) atoms. The van der Waals surface area contributed by atoms with Crippen molar-refractivity contribution in [3.05, 3.63) is 176 Å². The highest BCUT2D eigenvalue weighted by Gasteiger charge is 2.49. The van der Waals surface area contributed by atoms with Crippen molar-refractivity contribution in [2.45, 2.75) is 80.1 Å². The second-order valence-corrected chi connectivity index (χ2v) is 18.7. The van der Waals surface area contributed by atoms with Crippen molar-refractivity contribution >= 4 is 80.3 Å². The number of benzene rings is 7. The Labute approximate surface area is 397 Å². The molecule has 0 fully saturated rings. The first-order chi connectivity index (χ1) is 32.5. The fourth-order valence-electron chi connectivity index (χ4n) is 11.1. The van der Waals surface area contributed by atoms with E-state index in [9.17, 15) is 26.3 Å². The van der Waals surface area contributed by atoms with Crippen molar-refractivity contribution in [1.29, 1.82) is 0 Å². The number of fused-ring (bicyclic) bond motifs is 4. The Morgan fingerprint density at radius 3 is 1.07 bits per heavy atom. The number of hydrogen-bond acceptors (Lipinski definition) is 2. The van der Waals surface area contributed by atoms with Crippen LogP contribution >= 0.6 is 0 Å². The summed E-state index contributed by atoms with van der Waals surface area (Å²) in [6, 6.07) is 23.3. The Morgan fingerprint density at radius 2 is 0.686 bits per heavy atom. The molecule has 16 heteroatoms. The number of nitrogens with zero attached hydrogens (tertiary/aromatic N) is 2. The van der Waals surface area contributed by atoms with Gasteiger partial charge in [0.1, 0.15) is 0 Å². The second kappa shape index (κ2) is 16.5.